The van der Waals surface area contributed by atoms with E-state index in [9.17, 15) is 0 Å². The van der Waals surface area contributed by atoms with Crippen molar-refractivity contribution in [3.05, 3.63) is 17.7 Å². The molecule has 0 unspecified atom stereocenters. The third kappa shape index (κ3) is 6.16. The van der Waals surface area contributed by atoms with Gasteiger partial charge in [0.15, 0.2) is 11.5 Å². The highest BCUT2D eigenvalue weighted by atomic mass is 79.9. The zero-order valence-electron chi connectivity index (χ0n) is 13.4. The molecule has 1 aromatic rings. The molecule has 0 radical (unpaired) electrons. The maximum absolute atomic E-state index is 5.89. The number of unbranched alkanes of at least 4 members (excludes halogenated alkanes) is 5. The monoisotopic (exact) mass is 358 g/mol. The second kappa shape index (κ2) is 10.8. The lowest BCUT2D eigenvalue weighted by Crippen LogP contribution is -2.02. The first-order valence-electron chi connectivity index (χ1n) is 7.70. The minimum Gasteiger partial charge on any atom is -0.493 e. The van der Waals surface area contributed by atoms with Crippen molar-refractivity contribution in [1.82, 2.24) is 0 Å². The molecule has 0 aliphatic rings. The summed E-state index contributed by atoms with van der Waals surface area (Å²) in [5.74, 6) is 2.17. The number of halogens is 1. The first kappa shape index (κ1) is 18.1. The lowest BCUT2D eigenvalue weighted by Gasteiger charge is -2.15. The van der Waals surface area contributed by atoms with Crippen molar-refractivity contribution >= 4 is 15.9 Å². The summed E-state index contributed by atoms with van der Waals surface area (Å²) < 4.78 is 16.7. The van der Waals surface area contributed by atoms with Gasteiger partial charge in [-0.25, -0.2) is 0 Å². The summed E-state index contributed by atoms with van der Waals surface area (Å²) in [7, 11) is 3.31. The van der Waals surface area contributed by atoms with Crippen LogP contribution >= 0.6 is 15.9 Å². The van der Waals surface area contributed by atoms with Crippen LogP contribution in [0.5, 0.6) is 17.2 Å². The van der Waals surface area contributed by atoms with E-state index in [0.29, 0.717) is 12.4 Å². The van der Waals surface area contributed by atoms with E-state index in [4.69, 9.17) is 14.2 Å². The number of methoxy groups -OCH3 is 2. The van der Waals surface area contributed by atoms with E-state index in [1.54, 1.807) is 14.2 Å². The van der Waals surface area contributed by atoms with Crippen LogP contribution in [0.4, 0.5) is 0 Å². The molecule has 1 rings (SSSR count). The largest absolute Gasteiger partial charge is 0.493 e. The van der Waals surface area contributed by atoms with Gasteiger partial charge in [0.2, 0.25) is 5.75 Å². The molecule has 0 fully saturated rings. The van der Waals surface area contributed by atoms with E-state index in [0.717, 1.165) is 28.8 Å². The smallest absolute Gasteiger partial charge is 0.203 e. The zero-order valence-corrected chi connectivity index (χ0v) is 15.0. The molecule has 0 aliphatic carbocycles. The molecule has 0 saturated heterocycles. The Morgan fingerprint density at radius 3 is 2.00 bits per heavy atom. The molecule has 3 nitrogen and oxygen atoms in total. The number of ether oxygens (including phenoxy) is 3. The highest BCUT2D eigenvalue weighted by Gasteiger charge is 2.13. The Labute approximate surface area is 137 Å². The average molecular weight is 359 g/mol. The maximum Gasteiger partial charge on any atom is 0.203 e. The van der Waals surface area contributed by atoms with Gasteiger partial charge in [0.25, 0.3) is 0 Å². The summed E-state index contributed by atoms with van der Waals surface area (Å²) in [4.78, 5) is 0. The van der Waals surface area contributed by atoms with Crippen LogP contribution in [-0.4, -0.2) is 20.8 Å². The van der Waals surface area contributed by atoms with Gasteiger partial charge in [0.1, 0.15) is 0 Å². The van der Waals surface area contributed by atoms with Crippen molar-refractivity contribution < 1.29 is 14.2 Å². The minimum absolute atomic E-state index is 0.701. The van der Waals surface area contributed by atoms with Gasteiger partial charge in [-0.3, -0.25) is 0 Å². The van der Waals surface area contributed by atoms with Gasteiger partial charge in [-0.1, -0.05) is 55.0 Å². The van der Waals surface area contributed by atoms with Crippen LogP contribution in [-0.2, 0) is 5.33 Å². The third-order valence-corrected chi connectivity index (χ3v) is 4.07. The molecule has 0 N–H and O–H groups in total. The van der Waals surface area contributed by atoms with Crippen LogP contribution in [0.3, 0.4) is 0 Å². The van der Waals surface area contributed by atoms with Gasteiger partial charge in [-0.05, 0) is 24.1 Å². The van der Waals surface area contributed by atoms with Crippen LogP contribution in [0.15, 0.2) is 12.1 Å². The fourth-order valence-electron chi connectivity index (χ4n) is 2.21. The zero-order chi connectivity index (χ0) is 15.5. The summed E-state index contributed by atoms with van der Waals surface area (Å²) in [6, 6.07) is 3.96. The quantitative estimate of drug-likeness (QED) is 0.394. The van der Waals surface area contributed by atoms with Gasteiger partial charge in [-0.2, -0.15) is 0 Å². The Morgan fingerprint density at radius 1 is 0.905 bits per heavy atom. The molecule has 0 atom stereocenters. The lowest BCUT2D eigenvalue weighted by molar-refractivity contribution is 0.267. The summed E-state index contributed by atoms with van der Waals surface area (Å²) in [6.07, 6.45) is 7.50. The number of hydrogen-bond acceptors (Lipinski definition) is 3. The summed E-state index contributed by atoms with van der Waals surface area (Å²) in [5.41, 5.74) is 1.11. The molecule has 0 bridgehead atoms. The van der Waals surface area contributed by atoms with Crippen LogP contribution in [0.25, 0.3) is 0 Å². The number of rotatable bonds is 11. The number of benzene rings is 1. The van der Waals surface area contributed by atoms with Crippen molar-refractivity contribution in [3.8, 4) is 17.2 Å². The normalized spacial score (nSPS) is 10.5. The molecule has 120 valence electrons. The molecule has 0 heterocycles. The van der Waals surface area contributed by atoms with Crippen molar-refractivity contribution in [2.75, 3.05) is 20.8 Å². The molecule has 4 heteroatoms. The number of alkyl halides is 1. The van der Waals surface area contributed by atoms with E-state index in [1.807, 2.05) is 12.1 Å². The first-order chi connectivity index (χ1) is 10.3. The van der Waals surface area contributed by atoms with Crippen LogP contribution in [0, 0.1) is 0 Å². The van der Waals surface area contributed by atoms with Crippen LogP contribution < -0.4 is 14.2 Å². The highest BCUT2D eigenvalue weighted by Crippen LogP contribution is 2.39. The topological polar surface area (TPSA) is 27.7 Å². The fraction of sp³-hybridized carbons (Fsp3) is 0.647. The Bertz CT molecular complexity index is 382. The number of hydrogen-bond donors (Lipinski definition) is 0. The summed E-state index contributed by atoms with van der Waals surface area (Å²) in [6.45, 7) is 2.94. The average Bonchev–Trinajstić information content (AvgIpc) is 2.53. The minimum atomic E-state index is 0.701. The predicted octanol–water partition coefficient (Wildman–Crippen LogP) is 5.34. The Kier molecular flexibility index (Phi) is 9.31. The second-order valence-electron chi connectivity index (χ2n) is 5.08. The summed E-state index contributed by atoms with van der Waals surface area (Å²) >= 11 is 3.45. The van der Waals surface area contributed by atoms with E-state index in [-0.39, 0.29) is 0 Å². The lowest BCUT2D eigenvalue weighted by atomic mass is 10.1. The molecule has 21 heavy (non-hydrogen) atoms. The Morgan fingerprint density at radius 2 is 1.48 bits per heavy atom. The maximum atomic E-state index is 5.89. The molecule has 0 aromatic heterocycles. The third-order valence-electron chi connectivity index (χ3n) is 3.42. The Hall–Kier alpha value is -0.900. The summed E-state index contributed by atoms with van der Waals surface area (Å²) in [5, 5.41) is 0.761. The standard InChI is InChI=1S/C17H27BrO3/c1-4-5-6-7-8-9-10-21-17-15(19-2)11-14(13-18)12-16(17)20-3/h11-12H,4-10,13H2,1-3H3. The highest BCUT2D eigenvalue weighted by molar-refractivity contribution is 9.08. The van der Waals surface area contributed by atoms with Gasteiger partial charge in [-0.15, -0.1) is 0 Å². The molecule has 1 aromatic carbocycles. The SMILES string of the molecule is CCCCCCCCOc1c(OC)cc(CBr)cc1OC. The van der Waals surface area contributed by atoms with Crippen molar-refractivity contribution in [1.29, 1.82) is 0 Å². The molecule has 0 aliphatic heterocycles. The predicted molar refractivity (Wildman–Crippen MR) is 91.0 cm³/mol. The van der Waals surface area contributed by atoms with Crippen molar-refractivity contribution in [2.24, 2.45) is 0 Å². The van der Waals surface area contributed by atoms with E-state index < -0.39 is 0 Å². The van der Waals surface area contributed by atoms with Gasteiger partial charge in [0.05, 0.1) is 20.8 Å². The van der Waals surface area contributed by atoms with Crippen LogP contribution in [0.2, 0.25) is 0 Å². The molecular formula is C17H27BrO3. The fourth-order valence-corrected chi connectivity index (χ4v) is 2.53. The molecule has 0 saturated carbocycles. The Balaban J connectivity index is 2.53. The van der Waals surface area contributed by atoms with E-state index in [2.05, 4.69) is 22.9 Å². The van der Waals surface area contributed by atoms with Gasteiger partial charge >= 0.3 is 0 Å². The molecular weight excluding hydrogens is 332 g/mol. The van der Waals surface area contributed by atoms with Gasteiger partial charge in [0, 0.05) is 5.33 Å². The van der Waals surface area contributed by atoms with Crippen molar-refractivity contribution in [3.63, 3.8) is 0 Å². The molecule has 0 spiro atoms. The first-order valence-corrected chi connectivity index (χ1v) is 8.82. The van der Waals surface area contributed by atoms with Crippen LogP contribution in [0.1, 0.15) is 51.0 Å². The van der Waals surface area contributed by atoms with Gasteiger partial charge < -0.3 is 14.2 Å². The van der Waals surface area contributed by atoms with E-state index in [1.165, 1.54) is 32.1 Å². The molecule has 0 amide bonds. The van der Waals surface area contributed by atoms with Crippen molar-refractivity contribution in [2.45, 2.75) is 50.8 Å². The second-order valence-corrected chi connectivity index (χ2v) is 5.64. The van der Waals surface area contributed by atoms with E-state index >= 15 is 0 Å².